The lowest BCUT2D eigenvalue weighted by atomic mass is 10.1. The summed E-state index contributed by atoms with van der Waals surface area (Å²) in [5.74, 6) is -0.561. The van der Waals surface area contributed by atoms with Gasteiger partial charge in [-0.05, 0) is 50.2 Å². The van der Waals surface area contributed by atoms with E-state index >= 15 is 0 Å². The number of nitrogens with zero attached hydrogens (tertiary/aromatic N) is 2. The van der Waals surface area contributed by atoms with E-state index in [-0.39, 0.29) is 5.91 Å². The van der Waals surface area contributed by atoms with Gasteiger partial charge in [0.05, 0.1) is 5.69 Å². The van der Waals surface area contributed by atoms with Crippen molar-refractivity contribution in [1.82, 2.24) is 15.2 Å². The van der Waals surface area contributed by atoms with Gasteiger partial charge in [-0.15, -0.1) is 0 Å². The first kappa shape index (κ1) is 19.0. The van der Waals surface area contributed by atoms with Crippen LogP contribution in [-0.4, -0.2) is 47.9 Å². The Hall–Kier alpha value is -2.73. The third-order valence-corrected chi connectivity index (χ3v) is 4.90. The number of nitrogens with two attached hydrogens (primary N) is 1. The van der Waals surface area contributed by atoms with Crippen molar-refractivity contribution < 1.29 is 9.59 Å². The molecule has 0 aliphatic carbocycles. The van der Waals surface area contributed by atoms with Gasteiger partial charge in [0.25, 0.3) is 5.91 Å². The summed E-state index contributed by atoms with van der Waals surface area (Å²) in [6.07, 6.45) is 6.68. The van der Waals surface area contributed by atoms with Crippen molar-refractivity contribution in [2.75, 3.05) is 26.2 Å². The average molecular weight is 366 g/mol. The Balaban J connectivity index is 1.55. The molecule has 0 saturated carbocycles. The molecule has 0 spiro atoms. The summed E-state index contributed by atoms with van der Waals surface area (Å²) in [7, 11) is 0. The molecule has 0 radical (unpaired) electrons. The highest BCUT2D eigenvalue weighted by Crippen LogP contribution is 2.18. The van der Waals surface area contributed by atoms with Gasteiger partial charge in [-0.25, -0.2) is 0 Å². The molecule has 2 heterocycles. The molecular weight excluding hydrogens is 340 g/mol. The first-order valence-electron chi connectivity index (χ1n) is 9.50. The van der Waals surface area contributed by atoms with Gasteiger partial charge in [-0.1, -0.05) is 25.0 Å². The number of carbonyl (C=O) groups excluding carboxylic acids is 2. The van der Waals surface area contributed by atoms with E-state index < -0.39 is 5.91 Å². The Kier molecular flexibility index (Phi) is 6.54. The first-order valence-corrected chi connectivity index (χ1v) is 9.50. The van der Waals surface area contributed by atoms with Gasteiger partial charge >= 0.3 is 0 Å². The van der Waals surface area contributed by atoms with Crippen molar-refractivity contribution in [1.29, 1.82) is 0 Å². The van der Waals surface area contributed by atoms with E-state index in [0.717, 1.165) is 25.2 Å². The summed E-state index contributed by atoms with van der Waals surface area (Å²) < 4.78 is 0. The molecule has 27 heavy (non-hydrogen) atoms. The fourth-order valence-corrected chi connectivity index (χ4v) is 3.32. The molecular formula is C21H26N4O2. The Labute approximate surface area is 159 Å². The van der Waals surface area contributed by atoms with Crippen molar-refractivity contribution in [3.8, 4) is 11.3 Å². The molecule has 2 aromatic rings. The average Bonchev–Trinajstić information content (AvgIpc) is 2.97. The summed E-state index contributed by atoms with van der Waals surface area (Å²) >= 11 is 0. The number of nitrogens with one attached hydrogen (secondary N) is 1. The van der Waals surface area contributed by atoms with Crippen LogP contribution >= 0.6 is 0 Å². The number of benzene rings is 1. The Morgan fingerprint density at radius 2 is 1.70 bits per heavy atom. The Morgan fingerprint density at radius 1 is 1.00 bits per heavy atom. The summed E-state index contributed by atoms with van der Waals surface area (Å²) in [6, 6.07) is 10.4. The predicted molar refractivity (Wildman–Crippen MR) is 105 cm³/mol. The van der Waals surface area contributed by atoms with E-state index in [2.05, 4.69) is 15.2 Å². The molecule has 0 atom stereocenters. The smallest absolute Gasteiger partial charge is 0.251 e. The predicted octanol–water partition coefficient (Wildman–Crippen LogP) is 2.45. The van der Waals surface area contributed by atoms with Crippen molar-refractivity contribution in [3.63, 3.8) is 0 Å². The van der Waals surface area contributed by atoms with Gasteiger partial charge in [-0.2, -0.15) is 0 Å². The zero-order valence-corrected chi connectivity index (χ0v) is 15.5. The van der Waals surface area contributed by atoms with E-state index in [1.54, 1.807) is 30.5 Å². The molecule has 0 bridgehead atoms. The van der Waals surface area contributed by atoms with Gasteiger partial charge in [0.1, 0.15) is 0 Å². The molecule has 3 rings (SSSR count). The number of aromatic nitrogens is 1. The van der Waals surface area contributed by atoms with Crippen LogP contribution in [0.3, 0.4) is 0 Å². The van der Waals surface area contributed by atoms with Crippen LogP contribution in [0.4, 0.5) is 0 Å². The second-order valence-electron chi connectivity index (χ2n) is 6.88. The zero-order chi connectivity index (χ0) is 19.1. The number of hydrogen-bond donors (Lipinski definition) is 2. The monoisotopic (exact) mass is 366 g/mol. The minimum atomic E-state index is -0.487. The maximum atomic E-state index is 12.3. The molecule has 0 unspecified atom stereocenters. The summed E-state index contributed by atoms with van der Waals surface area (Å²) in [5.41, 5.74) is 7.82. The van der Waals surface area contributed by atoms with Gasteiger partial charge < -0.3 is 16.0 Å². The normalized spacial score (nSPS) is 15.1. The lowest BCUT2D eigenvalue weighted by molar-refractivity contribution is 0.0947. The van der Waals surface area contributed by atoms with Crippen LogP contribution in [0.25, 0.3) is 11.3 Å². The third kappa shape index (κ3) is 5.37. The van der Waals surface area contributed by atoms with Crippen molar-refractivity contribution in [3.05, 3.63) is 53.7 Å². The second-order valence-corrected chi connectivity index (χ2v) is 6.88. The van der Waals surface area contributed by atoms with Gasteiger partial charge in [0.15, 0.2) is 0 Å². The van der Waals surface area contributed by atoms with Crippen LogP contribution in [0, 0.1) is 0 Å². The lowest BCUT2D eigenvalue weighted by Gasteiger charge is -2.19. The van der Waals surface area contributed by atoms with E-state index in [1.807, 2.05) is 12.1 Å². The minimum absolute atomic E-state index is 0.0739. The SMILES string of the molecule is NC(=O)c1ccnc(-c2ccc(C(=O)NCCN3CCCCCC3)cc2)c1. The minimum Gasteiger partial charge on any atom is -0.366 e. The molecule has 1 aliphatic rings. The van der Waals surface area contributed by atoms with Crippen LogP contribution in [0.1, 0.15) is 46.4 Å². The summed E-state index contributed by atoms with van der Waals surface area (Å²) in [4.78, 5) is 30.3. The number of amides is 2. The van der Waals surface area contributed by atoms with Crippen molar-refractivity contribution in [2.24, 2.45) is 5.73 Å². The van der Waals surface area contributed by atoms with E-state index in [9.17, 15) is 9.59 Å². The third-order valence-electron chi connectivity index (χ3n) is 4.90. The summed E-state index contributed by atoms with van der Waals surface area (Å²) in [6.45, 7) is 3.81. The number of hydrogen-bond acceptors (Lipinski definition) is 4. The van der Waals surface area contributed by atoms with Gasteiger partial charge in [0, 0.05) is 36.0 Å². The van der Waals surface area contributed by atoms with E-state index in [0.29, 0.717) is 23.4 Å². The van der Waals surface area contributed by atoms with Gasteiger partial charge in [-0.3, -0.25) is 14.6 Å². The molecule has 1 saturated heterocycles. The van der Waals surface area contributed by atoms with Crippen molar-refractivity contribution >= 4 is 11.8 Å². The van der Waals surface area contributed by atoms with Crippen LogP contribution in [-0.2, 0) is 0 Å². The molecule has 2 amide bonds. The molecule has 1 fully saturated rings. The summed E-state index contributed by atoms with van der Waals surface area (Å²) in [5, 5.41) is 2.99. The highest BCUT2D eigenvalue weighted by molar-refractivity contribution is 5.95. The van der Waals surface area contributed by atoms with Gasteiger partial charge in [0.2, 0.25) is 5.91 Å². The second kappa shape index (κ2) is 9.28. The molecule has 1 aliphatic heterocycles. The fourth-order valence-electron chi connectivity index (χ4n) is 3.32. The standard InChI is InChI=1S/C21H26N4O2/c22-20(26)18-9-10-23-19(15-18)16-5-7-17(8-6-16)21(27)24-11-14-25-12-3-1-2-4-13-25/h5-10,15H,1-4,11-14H2,(H2,22,26)(H,24,27). The largest absolute Gasteiger partial charge is 0.366 e. The fraction of sp³-hybridized carbons (Fsp3) is 0.381. The molecule has 6 heteroatoms. The quantitative estimate of drug-likeness (QED) is 0.822. The highest BCUT2D eigenvalue weighted by Gasteiger charge is 2.11. The van der Waals surface area contributed by atoms with Crippen LogP contribution in [0.2, 0.25) is 0 Å². The maximum Gasteiger partial charge on any atom is 0.251 e. The topological polar surface area (TPSA) is 88.3 Å². The van der Waals surface area contributed by atoms with Crippen LogP contribution < -0.4 is 11.1 Å². The first-order chi connectivity index (χ1) is 13.1. The van der Waals surface area contributed by atoms with E-state index in [1.165, 1.54) is 25.7 Å². The zero-order valence-electron chi connectivity index (χ0n) is 15.5. The number of primary amides is 1. The molecule has 1 aromatic heterocycles. The lowest BCUT2D eigenvalue weighted by Crippen LogP contribution is -2.35. The number of rotatable bonds is 6. The highest BCUT2D eigenvalue weighted by atomic mass is 16.2. The Bertz CT molecular complexity index is 781. The number of pyridine rings is 1. The molecule has 142 valence electrons. The van der Waals surface area contributed by atoms with Crippen LogP contribution in [0.5, 0.6) is 0 Å². The Morgan fingerprint density at radius 3 is 2.37 bits per heavy atom. The molecule has 6 nitrogen and oxygen atoms in total. The van der Waals surface area contributed by atoms with Crippen LogP contribution in [0.15, 0.2) is 42.6 Å². The molecule has 1 aromatic carbocycles. The van der Waals surface area contributed by atoms with Crippen molar-refractivity contribution in [2.45, 2.75) is 25.7 Å². The van der Waals surface area contributed by atoms with E-state index in [4.69, 9.17) is 5.73 Å². The maximum absolute atomic E-state index is 12.3. The number of carbonyl (C=O) groups is 2. The molecule has 3 N–H and O–H groups in total. The number of likely N-dealkylation sites (tertiary alicyclic amines) is 1.